The van der Waals surface area contributed by atoms with Crippen molar-refractivity contribution >= 4 is 5.97 Å². The first-order chi connectivity index (χ1) is 9.67. The number of hydrogen-bond acceptors (Lipinski definition) is 4. The van der Waals surface area contributed by atoms with Gasteiger partial charge in [0.2, 0.25) is 0 Å². The van der Waals surface area contributed by atoms with Crippen LogP contribution in [0.3, 0.4) is 0 Å². The van der Waals surface area contributed by atoms with Crippen LogP contribution in [0, 0.1) is 5.82 Å². The molecule has 6 heteroatoms. The zero-order valence-electron chi connectivity index (χ0n) is 11.5. The molecule has 0 aliphatic rings. The van der Waals surface area contributed by atoms with E-state index in [4.69, 9.17) is 4.74 Å². The second kappa shape index (κ2) is 6.27. The van der Waals surface area contributed by atoms with Crippen LogP contribution in [0.1, 0.15) is 30.8 Å². The van der Waals surface area contributed by atoms with Crippen molar-refractivity contribution < 1.29 is 13.9 Å². The van der Waals surface area contributed by atoms with Crippen molar-refractivity contribution in [3.8, 4) is 11.3 Å². The van der Waals surface area contributed by atoms with Crippen LogP contribution in [0.15, 0.2) is 24.3 Å². The quantitative estimate of drug-likeness (QED) is 0.788. The fraction of sp³-hybridized carbons (Fsp3) is 0.357. The maximum Gasteiger partial charge on any atom is 0.361 e. The lowest BCUT2D eigenvalue weighted by Crippen LogP contribution is -2.08. The molecule has 1 aromatic heterocycles. The zero-order chi connectivity index (χ0) is 14.5. The topological polar surface area (TPSA) is 57.0 Å². The Labute approximate surface area is 116 Å². The summed E-state index contributed by atoms with van der Waals surface area (Å²) in [5, 5.41) is 7.88. The summed E-state index contributed by atoms with van der Waals surface area (Å²) in [4.78, 5) is 11.9. The number of carbonyl (C=O) groups excluding carboxylic acids is 1. The van der Waals surface area contributed by atoms with E-state index in [-0.39, 0.29) is 18.1 Å². The summed E-state index contributed by atoms with van der Waals surface area (Å²) >= 11 is 0. The van der Waals surface area contributed by atoms with Gasteiger partial charge < -0.3 is 4.74 Å². The van der Waals surface area contributed by atoms with Gasteiger partial charge in [-0.15, -0.1) is 5.10 Å². The van der Waals surface area contributed by atoms with Crippen molar-refractivity contribution in [2.75, 3.05) is 6.61 Å². The first-order valence-corrected chi connectivity index (χ1v) is 6.53. The molecule has 0 saturated carbocycles. The first-order valence-electron chi connectivity index (χ1n) is 6.53. The van der Waals surface area contributed by atoms with Crippen LogP contribution in [0.4, 0.5) is 4.39 Å². The molecule has 0 aliphatic heterocycles. The highest BCUT2D eigenvalue weighted by Crippen LogP contribution is 2.23. The highest BCUT2D eigenvalue weighted by atomic mass is 19.1. The molecule has 0 spiro atoms. The number of esters is 1. The average molecular weight is 277 g/mol. The predicted molar refractivity (Wildman–Crippen MR) is 71.7 cm³/mol. The lowest BCUT2D eigenvalue weighted by atomic mass is 10.1. The van der Waals surface area contributed by atoms with Crippen LogP contribution in [0.5, 0.6) is 0 Å². The van der Waals surface area contributed by atoms with Crippen molar-refractivity contribution in [1.82, 2.24) is 15.0 Å². The molecule has 0 N–H and O–H groups in total. The predicted octanol–water partition coefficient (Wildman–Crippen LogP) is 2.67. The third-order valence-electron chi connectivity index (χ3n) is 2.76. The number of carbonyl (C=O) groups is 1. The Balaban J connectivity index is 2.49. The molecular weight excluding hydrogens is 261 g/mol. The monoisotopic (exact) mass is 277 g/mol. The average Bonchev–Trinajstić information content (AvgIpc) is 2.84. The van der Waals surface area contributed by atoms with Gasteiger partial charge in [0.05, 0.1) is 6.61 Å². The van der Waals surface area contributed by atoms with Gasteiger partial charge in [-0.05, 0) is 37.6 Å². The van der Waals surface area contributed by atoms with Crippen molar-refractivity contribution in [3.63, 3.8) is 0 Å². The third-order valence-corrected chi connectivity index (χ3v) is 2.76. The Hall–Kier alpha value is -2.24. The maximum absolute atomic E-state index is 13.0. The largest absolute Gasteiger partial charge is 0.461 e. The minimum Gasteiger partial charge on any atom is -0.461 e. The molecule has 0 saturated heterocycles. The van der Waals surface area contributed by atoms with Crippen molar-refractivity contribution in [3.05, 3.63) is 35.8 Å². The molecule has 0 atom stereocenters. The SMILES string of the molecule is CCCn1nnc(C(=O)OCC)c1-c1ccc(F)cc1. The number of halogens is 1. The minimum atomic E-state index is -0.519. The van der Waals surface area contributed by atoms with Crippen LogP contribution >= 0.6 is 0 Å². The Morgan fingerprint density at radius 1 is 1.30 bits per heavy atom. The molecule has 0 aliphatic carbocycles. The summed E-state index contributed by atoms with van der Waals surface area (Å²) in [7, 11) is 0. The van der Waals surface area contributed by atoms with Gasteiger partial charge in [-0.1, -0.05) is 12.1 Å². The van der Waals surface area contributed by atoms with Gasteiger partial charge in [0, 0.05) is 12.1 Å². The third kappa shape index (κ3) is 2.84. The standard InChI is InChI=1S/C14H16FN3O2/c1-3-9-18-13(10-5-7-11(15)8-6-10)12(16-17-18)14(19)20-4-2/h5-8H,3-4,9H2,1-2H3. The molecule has 0 radical (unpaired) electrons. The van der Waals surface area contributed by atoms with Gasteiger partial charge in [0.25, 0.3) is 0 Å². The van der Waals surface area contributed by atoms with Gasteiger partial charge in [-0.3, -0.25) is 0 Å². The summed E-state index contributed by atoms with van der Waals surface area (Å²) in [6.07, 6.45) is 0.847. The van der Waals surface area contributed by atoms with Crippen molar-refractivity contribution in [2.45, 2.75) is 26.8 Å². The van der Waals surface area contributed by atoms with Crippen LogP contribution < -0.4 is 0 Å². The Kier molecular flexibility index (Phi) is 4.45. The lowest BCUT2D eigenvalue weighted by Gasteiger charge is -2.07. The van der Waals surface area contributed by atoms with Crippen molar-refractivity contribution in [1.29, 1.82) is 0 Å². The van der Waals surface area contributed by atoms with Gasteiger partial charge >= 0.3 is 5.97 Å². The number of hydrogen-bond donors (Lipinski definition) is 0. The maximum atomic E-state index is 13.0. The summed E-state index contributed by atoms with van der Waals surface area (Å²) in [5.41, 5.74) is 1.41. The van der Waals surface area contributed by atoms with Crippen LogP contribution in [0.25, 0.3) is 11.3 Å². The first kappa shape index (κ1) is 14.2. The Morgan fingerprint density at radius 2 is 2.00 bits per heavy atom. The summed E-state index contributed by atoms with van der Waals surface area (Å²) in [5.74, 6) is -0.852. The Morgan fingerprint density at radius 3 is 2.60 bits per heavy atom. The summed E-state index contributed by atoms with van der Waals surface area (Å²) in [6, 6.07) is 5.88. The number of benzene rings is 1. The van der Waals surface area contributed by atoms with E-state index in [0.29, 0.717) is 17.8 Å². The van der Waals surface area contributed by atoms with E-state index < -0.39 is 5.97 Å². The highest BCUT2D eigenvalue weighted by Gasteiger charge is 2.21. The Bertz CT molecular complexity index is 593. The summed E-state index contributed by atoms with van der Waals surface area (Å²) < 4.78 is 19.6. The minimum absolute atomic E-state index is 0.159. The van der Waals surface area contributed by atoms with E-state index >= 15 is 0 Å². The van der Waals surface area contributed by atoms with E-state index in [0.717, 1.165) is 6.42 Å². The molecule has 0 bridgehead atoms. The van der Waals surface area contributed by atoms with Crippen molar-refractivity contribution in [2.24, 2.45) is 0 Å². The second-order valence-electron chi connectivity index (χ2n) is 4.24. The fourth-order valence-corrected chi connectivity index (χ4v) is 1.91. The molecule has 0 amide bonds. The number of aromatic nitrogens is 3. The van der Waals surface area contributed by atoms with E-state index in [2.05, 4.69) is 10.3 Å². The van der Waals surface area contributed by atoms with Crippen LogP contribution in [-0.2, 0) is 11.3 Å². The molecule has 5 nitrogen and oxygen atoms in total. The number of aryl methyl sites for hydroxylation is 1. The van der Waals surface area contributed by atoms with Gasteiger partial charge in [-0.2, -0.15) is 0 Å². The highest BCUT2D eigenvalue weighted by molar-refractivity contribution is 5.94. The molecule has 2 aromatic rings. The smallest absolute Gasteiger partial charge is 0.361 e. The van der Waals surface area contributed by atoms with Gasteiger partial charge in [0.1, 0.15) is 11.5 Å². The molecule has 20 heavy (non-hydrogen) atoms. The molecular formula is C14H16FN3O2. The van der Waals surface area contributed by atoms with Crippen LogP contribution in [-0.4, -0.2) is 27.6 Å². The second-order valence-corrected chi connectivity index (χ2v) is 4.24. The van der Waals surface area contributed by atoms with E-state index in [1.807, 2.05) is 6.92 Å². The molecule has 0 unspecified atom stereocenters. The molecule has 1 aromatic carbocycles. The van der Waals surface area contributed by atoms with Gasteiger partial charge in [0.15, 0.2) is 5.69 Å². The number of rotatable bonds is 5. The molecule has 0 fully saturated rings. The molecule has 106 valence electrons. The number of ether oxygens (including phenoxy) is 1. The van der Waals surface area contributed by atoms with E-state index in [1.165, 1.54) is 12.1 Å². The van der Waals surface area contributed by atoms with E-state index in [1.54, 1.807) is 23.7 Å². The van der Waals surface area contributed by atoms with Gasteiger partial charge in [-0.25, -0.2) is 13.9 Å². The van der Waals surface area contributed by atoms with Crippen LogP contribution in [0.2, 0.25) is 0 Å². The normalized spacial score (nSPS) is 10.6. The fourth-order valence-electron chi connectivity index (χ4n) is 1.91. The number of nitrogens with zero attached hydrogens (tertiary/aromatic N) is 3. The molecule has 1 heterocycles. The lowest BCUT2D eigenvalue weighted by molar-refractivity contribution is 0.0520. The molecule has 2 rings (SSSR count). The zero-order valence-corrected chi connectivity index (χ0v) is 11.5. The van der Waals surface area contributed by atoms with E-state index in [9.17, 15) is 9.18 Å². The summed E-state index contributed by atoms with van der Waals surface area (Å²) in [6.45, 7) is 4.62.